The highest BCUT2D eigenvalue weighted by atomic mass is 19.4. The summed E-state index contributed by atoms with van der Waals surface area (Å²) >= 11 is 0. The lowest BCUT2D eigenvalue weighted by Gasteiger charge is -2.34. The molecule has 4 rings (SSSR count). The number of pyridine rings is 1. The lowest BCUT2D eigenvalue weighted by atomic mass is 10.1. The van der Waals surface area contributed by atoms with Crippen LogP contribution in [0.25, 0.3) is 0 Å². The Labute approximate surface area is 200 Å². The fourth-order valence-corrected chi connectivity index (χ4v) is 3.93. The van der Waals surface area contributed by atoms with E-state index in [2.05, 4.69) is 25.1 Å². The fourth-order valence-electron chi connectivity index (χ4n) is 3.93. The predicted octanol–water partition coefficient (Wildman–Crippen LogP) is 3.32. The summed E-state index contributed by atoms with van der Waals surface area (Å²) in [5, 5.41) is 7.28. The molecule has 186 valence electrons. The first-order valence-electron chi connectivity index (χ1n) is 11.2. The highest BCUT2D eigenvalue weighted by Crippen LogP contribution is 2.32. The number of carbonyl (C=O) groups excluding carboxylic acids is 1. The normalized spacial score (nSPS) is 15.7. The second kappa shape index (κ2) is 9.88. The van der Waals surface area contributed by atoms with Gasteiger partial charge in [-0.2, -0.15) is 18.3 Å². The number of hydrogen-bond acceptors (Lipinski definition) is 7. The van der Waals surface area contributed by atoms with Crippen LogP contribution in [0.3, 0.4) is 0 Å². The standard InChI is InChI=1S/C23H26F3N7O2/c1-4-17-22(34)31-20-14(2)29-18(30-21(20)32(17)3)7-5-16-10-28-33(12-16)11-15-6-8-19(27-9-15)35-13-23(24,25)26/h6,8-10,12,17H,4-5,7,11,13H2,1-3H3,(H,31,34)/t17-/m0/s1. The van der Waals surface area contributed by atoms with E-state index in [1.165, 1.54) is 12.3 Å². The van der Waals surface area contributed by atoms with Crippen molar-refractivity contribution in [2.24, 2.45) is 0 Å². The number of fused-ring (bicyclic) bond motifs is 1. The first-order chi connectivity index (χ1) is 16.6. The average molecular weight is 490 g/mol. The van der Waals surface area contributed by atoms with Gasteiger partial charge in [0, 0.05) is 31.9 Å². The summed E-state index contributed by atoms with van der Waals surface area (Å²) in [6, 6.07) is 2.80. The van der Waals surface area contributed by atoms with Crippen LogP contribution in [0.1, 0.15) is 36.0 Å². The number of alkyl halides is 3. The Morgan fingerprint density at radius 2 is 1.94 bits per heavy atom. The maximum Gasteiger partial charge on any atom is 0.422 e. The van der Waals surface area contributed by atoms with Gasteiger partial charge in [0.25, 0.3) is 0 Å². The van der Waals surface area contributed by atoms with Crippen LogP contribution in [0.15, 0.2) is 30.7 Å². The van der Waals surface area contributed by atoms with Crippen LogP contribution in [-0.2, 0) is 24.2 Å². The van der Waals surface area contributed by atoms with Gasteiger partial charge in [-0.3, -0.25) is 9.48 Å². The van der Waals surface area contributed by atoms with Gasteiger partial charge >= 0.3 is 6.18 Å². The summed E-state index contributed by atoms with van der Waals surface area (Å²) in [7, 11) is 1.87. The van der Waals surface area contributed by atoms with E-state index in [0.29, 0.717) is 37.3 Å². The molecule has 0 saturated carbocycles. The number of aromatic nitrogens is 5. The summed E-state index contributed by atoms with van der Waals surface area (Å²) in [5.41, 5.74) is 3.16. The molecule has 0 unspecified atom stereocenters. The predicted molar refractivity (Wildman–Crippen MR) is 122 cm³/mol. The second-order valence-corrected chi connectivity index (χ2v) is 8.40. The van der Waals surface area contributed by atoms with E-state index >= 15 is 0 Å². The Morgan fingerprint density at radius 1 is 1.14 bits per heavy atom. The number of carbonyl (C=O) groups is 1. The SMILES string of the molecule is CC[C@H]1C(=O)Nc2c(C)nc(CCc3cnn(Cc4ccc(OCC(F)(F)F)nc4)c3)nc2N1C. The molecule has 1 amide bonds. The van der Waals surface area contributed by atoms with Crippen molar-refractivity contribution in [3.05, 3.63) is 53.4 Å². The van der Waals surface area contributed by atoms with Crippen LogP contribution in [0.5, 0.6) is 5.88 Å². The molecule has 3 aromatic rings. The minimum Gasteiger partial charge on any atom is -0.468 e. The molecule has 1 aliphatic heterocycles. The zero-order valence-electron chi connectivity index (χ0n) is 19.6. The van der Waals surface area contributed by atoms with Crippen molar-refractivity contribution in [2.75, 3.05) is 23.9 Å². The van der Waals surface area contributed by atoms with E-state index in [0.717, 1.165) is 22.6 Å². The molecule has 0 spiro atoms. The van der Waals surface area contributed by atoms with Crippen molar-refractivity contribution in [1.29, 1.82) is 0 Å². The molecule has 0 aromatic carbocycles. The van der Waals surface area contributed by atoms with Gasteiger partial charge < -0.3 is 15.0 Å². The molecule has 0 bridgehead atoms. The van der Waals surface area contributed by atoms with E-state index in [9.17, 15) is 18.0 Å². The molecule has 1 atom stereocenters. The summed E-state index contributed by atoms with van der Waals surface area (Å²) < 4.78 is 43.1. The van der Waals surface area contributed by atoms with Gasteiger partial charge in [0.15, 0.2) is 12.4 Å². The van der Waals surface area contributed by atoms with Gasteiger partial charge in [0.1, 0.15) is 17.6 Å². The van der Waals surface area contributed by atoms with Crippen LogP contribution >= 0.6 is 0 Å². The summed E-state index contributed by atoms with van der Waals surface area (Å²) in [4.78, 5) is 27.4. The third-order valence-electron chi connectivity index (χ3n) is 5.71. The number of hydrogen-bond donors (Lipinski definition) is 1. The summed E-state index contributed by atoms with van der Waals surface area (Å²) in [6.45, 7) is 2.86. The number of likely N-dealkylation sites (N-methyl/N-ethyl adjacent to an activating group) is 1. The highest BCUT2D eigenvalue weighted by Gasteiger charge is 2.32. The Hall–Kier alpha value is -3.70. The summed E-state index contributed by atoms with van der Waals surface area (Å²) in [5.74, 6) is 1.28. The molecular formula is C23H26F3N7O2. The quantitative estimate of drug-likeness (QED) is 0.518. The van der Waals surface area contributed by atoms with E-state index in [4.69, 9.17) is 4.98 Å². The van der Waals surface area contributed by atoms with Crippen molar-refractivity contribution in [3.8, 4) is 5.88 Å². The van der Waals surface area contributed by atoms with Crippen molar-refractivity contribution in [2.45, 2.75) is 51.9 Å². The fraction of sp³-hybridized carbons (Fsp3) is 0.435. The van der Waals surface area contributed by atoms with Crippen molar-refractivity contribution < 1.29 is 22.7 Å². The van der Waals surface area contributed by atoms with Crippen LogP contribution in [-0.4, -0.2) is 56.5 Å². The minimum absolute atomic E-state index is 0.0481. The number of anilines is 2. The maximum absolute atomic E-state index is 12.3. The van der Waals surface area contributed by atoms with E-state index in [-0.39, 0.29) is 17.8 Å². The first-order valence-corrected chi connectivity index (χ1v) is 11.2. The van der Waals surface area contributed by atoms with Gasteiger partial charge in [-0.25, -0.2) is 15.0 Å². The molecule has 1 aliphatic rings. The molecule has 3 aromatic heterocycles. The van der Waals surface area contributed by atoms with Crippen molar-refractivity contribution >= 4 is 17.4 Å². The third kappa shape index (κ3) is 5.87. The number of rotatable bonds is 8. The topological polar surface area (TPSA) is 98.1 Å². The van der Waals surface area contributed by atoms with E-state index < -0.39 is 12.8 Å². The van der Waals surface area contributed by atoms with Crippen molar-refractivity contribution in [1.82, 2.24) is 24.7 Å². The van der Waals surface area contributed by atoms with Crippen LogP contribution in [0.2, 0.25) is 0 Å². The van der Waals surface area contributed by atoms with Crippen LogP contribution < -0.4 is 15.0 Å². The van der Waals surface area contributed by atoms with Crippen molar-refractivity contribution in [3.63, 3.8) is 0 Å². The Balaban J connectivity index is 1.37. The summed E-state index contributed by atoms with van der Waals surface area (Å²) in [6.07, 6.45) is 2.68. The number of nitrogens with one attached hydrogen (secondary N) is 1. The lowest BCUT2D eigenvalue weighted by Crippen LogP contribution is -2.46. The number of halogens is 3. The van der Waals surface area contributed by atoms with Gasteiger partial charge in [-0.1, -0.05) is 13.0 Å². The Bertz CT molecular complexity index is 1190. The van der Waals surface area contributed by atoms with E-state index in [1.54, 1.807) is 16.9 Å². The highest BCUT2D eigenvalue weighted by molar-refractivity contribution is 6.03. The third-order valence-corrected chi connectivity index (χ3v) is 5.71. The minimum atomic E-state index is -4.40. The van der Waals surface area contributed by atoms with Gasteiger partial charge in [0.2, 0.25) is 11.8 Å². The van der Waals surface area contributed by atoms with E-state index in [1.807, 2.05) is 32.0 Å². The zero-order valence-corrected chi connectivity index (χ0v) is 19.6. The molecule has 12 heteroatoms. The maximum atomic E-state index is 12.3. The van der Waals surface area contributed by atoms with Crippen LogP contribution in [0, 0.1) is 6.92 Å². The molecule has 0 fully saturated rings. The first kappa shape index (κ1) is 24.4. The Kier molecular flexibility index (Phi) is 6.90. The second-order valence-electron chi connectivity index (χ2n) is 8.40. The zero-order chi connectivity index (χ0) is 25.2. The number of nitrogens with zero attached hydrogens (tertiary/aromatic N) is 6. The molecule has 0 aliphatic carbocycles. The number of ether oxygens (including phenoxy) is 1. The molecule has 1 N–H and O–H groups in total. The van der Waals surface area contributed by atoms with Gasteiger partial charge in [-0.15, -0.1) is 0 Å². The molecule has 4 heterocycles. The number of amides is 1. The molecular weight excluding hydrogens is 463 g/mol. The van der Waals surface area contributed by atoms with Crippen LogP contribution in [0.4, 0.5) is 24.7 Å². The molecule has 0 radical (unpaired) electrons. The number of aryl methyl sites for hydroxylation is 3. The molecule has 9 nitrogen and oxygen atoms in total. The largest absolute Gasteiger partial charge is 0.468 e. The Morgan fingerprint density at radius 3 is 2.63 bits per heavy atom. The van der Waals surface area contributed by atoms with Gasteiger partial charge in [-0.05, 0) is 30.9 Å². The molecule has 35 heavy (non-hydrogen) atoms. The molecule has 0 saturated heterocycles. The smallest absolute Gasteiger partial charge is 0.422 e. The van der Waals surface area contributed by atoms with Gasteiger partial charge in [0.05, 0.1) is 18.4 Å². The monoisotopic (exact) mass is 489 g/mol. The lowest BCUT2D eigenvalue weighted by molar-refractivity contribution is -0.154. The average Bonchev–Trinajstić information content (AvgIpc) is 3.25.